The van der Waals surface area contributed by atoms with Crippen LogP contribution in [-0.4, -0.2) is 5.78 Å². The molecule has 0 spiro atoms. The molecule has 1 atom stereocenters. The minimum atomic E-state index is 0.218. The number of rotatable bonds is 0. The summed E-state index contributed by atoms with van der Waals surface area (Å²) in [6, 6.07) is 6.14. The van der Waals surface area contributed by atoms with Gasteiger partial charge in [-0.3, -0.25) is 4.79 Å². The SMILES string of the molecule is CC.Cc1ccc2c(c1)CCC(C)C2=O. The van der Waals surface area contributed by atoms with Crippen molar-refractivity contribution in [2.45, 2.75) is 40.5 Å². The predicted molar refractivity (Wildman–Crippen MR) is 64.3 cm³/mol. The molecule has 0 saturated heterocycles. The molecule has 0 fully saturated rings. The Balaban J connectivity index is 0.000000531. The highest BCUT2D eigenvalue weighted by molar-refractivity contribution is 6.00. The Bertz CT molecular complexity index is 352. The van der Waals surface area contributed by atoms with Crippen LogP contribution in [0.1, 0.15) is 48.7 Å². The summed E-state index contributed by atoms with van der Waals surface area (Å²) < 4.78 is 0. The maximum atomic E-state index is 11.7. The van der Waals surface area contributed by atoms with Gasteiger partial charge in [-0.25, -0.2) is 0 Å². The van der Waals surface area contributed by atoms with Crippen LogP contribution < -0.4 is 0 Å². The standard InChI is InChI=1S/C12H14O.C2H6/c1-8-3-6-11-10(7-8)5-4-9(2)12(11)13;1-2/h3,6-7,9H,4-5H2,1-2H3;1-2H3. The normalized spacial score (nSPS) is 18.9. The second-order valence-corrected chi connectivity index (χ2v) is 3.96. The van der Waals surface area contributed by atoms with Crippen LogP contribution in [0, 0.1) is 12.8 Å². The molecule has 2 rings (SSSR count). The molecule has 0 radical (unpaired) electrons. The van der Waals surface area contributed by atoms with Crippen LogP contribution in [0.25, 0.3) is 0 Å². The van der Waals surface area contributed by atoms with Gasteiger partial charge in [0.25, 0.3) is 0 Å². The van der Waals surface area contributed by atoms with Gasteiger partial charge in [0, 0.05) is 11.5 Å². The molecule has 1 unspecified atom stereocenters. The molecule has 1 aromatic rings. The minimum absolute atomic E-state index is 0.218. The second-order valence-electron chi connectivity index (χ2n) is 3.96. The van der Waals surface area contributed by atoms with E-state index < -0.39 is 0 Å². The molecule has 1 heteroatoms. The van der Waals surface area contributed by atoms with E-state index in [0.29, 0.717) is 5.78 Å². The van der Waals surface area contributed by atoms with Crippen molar-refractivity contribution >= 4 is 5.78 Å². The number of aryl methyl sites for hydroxylation is 2. The van der Waals surface area contributed by atoms with E-state index in [-0.39, 0.29) is 5.92 Å². The van der Waals surface area contributed by atoms with Crippen LogP contribution in [0.4, 0.5) is 0 Å². The van der Waals surface area contributed by atoms with Crippen LogP contribution in [0.15, 0.2) is 18.2 Å². The largest absolute Gasteiger partial charge is 0.294 e. The van der Waals surface area contributed by atoms with Crippen LogP contribution in [0.5, 0.6) is 0 Å². The van der Waals surface area contributed by atoms with Crippen LogP contribution in [-0.2, 0) is 6.42 Å². The molecule has 1 aliphatic carbocycles. The second kappa shape index (κ2) is 5.11. The number of ketones is 1. The van der Waals surface area contributed by atoms with Crippen LogP contribution in [0.2, 0.25) is 0 Å². The Hall–Kier alpha value is -1.11. The van der Waals surface area contributed by atoms with Gasteiger partial charge in [0.1, 0.15) is 0 Å². The van der Waals surface area contributed by atoms with Gasteiger partial charge in [-0.15, -0.1) is 0 Å². The summed E-state index contributed by atoms with van der Waals surface area (Å²) in [5.74, 6) is 0.538. The molecule has 15 heavy (non-hydrogen) atoms. The fourth-order valence-electron chi connectivity index (χ4n) is 1.94. The molecule has 0 aliphatic heterocycles. The Labute approximate surface area is 92.5 Å². The lowest BCUT2D eigenvalue weighted by molar-refractivity contribution is 0.0913. The molecule has 0 amide bonds. The van der Waals surface area contributed by atoms with E-state index in [2.05, 4.69) is 13.0 Å². The molecule has 1 aliphatic rings. The first-order valence-corrected chi connectivity index (χ1v) is 5.82. The molecule has 0 bridgehead atoms. The first kappa shape index (κ1) is 12.0. The Kier molecular flexibility index (Phi) is 4.07. The van der Waals surface area contributed by atoms with Crippen molar-refractivity contribution in [1.29, 1.82) is 0 Å². The van der Waals surface area contributed by atoms with Gasteiger partial charge in [-0.05, 0) is 25.3 Å². The summed E-state index contributed by atoms with van der Waals surface area (Å²) in [5, 5.41) is 0. The van der Waals surface area contributed by atoms with Gasteiger partial charge in [0.05, 0.1) is 0 Å². The topological polar surface area (TPSA) is 17.1 Å². The van der Waals surface area contributed by atoms with Crippen molar-refractivity contribution in [3.05, 3.63) is 34.9 Å². The zero-order valence-electron chi connectivity index (χ0n) is 10.1. The monoisotopic (exact) mass is 204 g/mol. The maximum absolute atomic E-state index is 11.7. The fraction of sp³-hybridized carbons (Fsp3) is 0.500. The van der Waals surface area contributed by atoms with E-state index in [1.165, 1.54) is 11.1 Å². The Morgan fingerprint density at radius 2 is 1.93 bits per heavy atom. The molecule has 0 aromatic heterocycles. The number of carbonyl (C=O) groups is 1. The lowest BCUT2D eigenvalue weighted by Gasteiger charge is -2.20. The smallest absolute Gasteiger partial charge is 0.165 e. The molecule has 1 nitrogen and oxygen atoms in total. The zero-order valence-corrected chi connectivity index (χ0v) is 10.1. The molecule has 0 heterocycles. The van der Waals surface area contributed by atoms with Crippen LogP contribution >= 0.6 is 0 Å². The Morgan fingerprint density at radius 1 is 1.27 bits per heavy atom. The van der Waals surface area contributed by atoms with Crippen LogP contribution in [0.3, 0.4) is 0 Å². The number of benzene rings is 1. The summed E-state index contributed by atoms with van der Waals surface area (Å²) in [6.07, 6.45) is 2.07. The highest BCUT2D eigenvalue weighted by Gasteiger charge is 2.23. The summed E-state index contributed by atoms with van der Waals surface area (Å²) in [6.45, 7) is 8.09. The summed E-state index contributed by atoms with van der Waals surface area (Å²) in [4.78, 5) is 11.7. The molecular weight excluding hydrogens is 184 g/mol. The highest BCUT2D eigenvalue weighted by atomic mass is 16.1. The lowest BCUT2D eigenvalue weighted by atomic mass is 9.83. The van der Waals surface area contributed by atoms with E-state index in [1.807, 2.05) is 32.9 Å². The van der Waals surface area contributed by atoms with Gasteiger partial charge in [0.15, 0.2) is 5.78 Å². The number of carbonyl (C=O) groups excluding carboxylic acids is 1. The van der Waals surface area contributed by atoms with Gasteiger partial charge >= 0.3 is 0 Å². The number of Topliss-reactive ketones (excluding diaryl/α,β-unsaturated/α-hetero) is 1. The van der Waals surface area contributed by atoms with Gasteiger partial charge in [-0.2, -0.15) is 0 Å². The van der Waals surface area contributed by atoms with Gasteiger partial charge in [-0.1, -0.05) is 44.5 Å². The van der Waals surface area contributed by atoms with Crippen molar-refractivity contribution in [2.75, 3.05) is 0 Å². The third kappa shape index (κ3) is 2.47. The van der Waals surface area contributed by atoms with E-state index in [0.717, 1.165) is 18.4 Å². The first-order chi connectivity index (χ1) is 7.18. The third-order valence-corrected chi connectivity index (χ3v) is 2.82. The number of fused-ring (bicyclic) bond motifs is 1. The van der Waals surface area contributed by atoms with E-state index in [1.54, 1.807) is 0 Å². The van der Waals surface area contributed by atoms with Crippen molar-refractivity contribution in [3.8, 4) is 0 Å². The zero-order chi connectivity index (χ0) is 11.4. The Morgan fingerprint density at radius 3 is 2.60 bits per heavy atom. The highest BCUT2D eigenvalue weighted by Crippen LogP contribution is 2.25. The summed E-state index contributed by atoms with van der Waals surface area (Å²) >= 11 is 0. The summed E-state index contributed by atoms with van der Waals surface area (Å²) in [7, 11) is 0. The number of hydrogen-bond donors (Lipinski definition) is 0. The lowest BCUT2D eigenvalue weighted by Crippen LogP contribution is -2.19. The fourth-order valence-corrected chi connectivity index (χ4v) is 1.94. The average Bonchev–Trinajstić information content (AvgIpc) is 2.26. The quantitative estimate of drug-likeness (QED) is 0.628. The predicted octanol–water partition coefficient (Wildman–Crippen LogP) is 3.79. The molecular formula is C14H20O. The maximum Gasteiger partial charge on any atom is 0.165 e. The number of hydrogen-bond acceptors (Lipinski definition) is 1. The average molecular weight is 204 g/mol. The van der Waals surface area contributed by atoms with Gasteiger partial charge < -0.3 is 0 Å². The molecule has 0 N–H and O–H groups in total. The van der Waals surface area contributed by atoms with Crippen molar-refractivity contribution < 1.29 is 4.79 Å². The molecule has 1 aromatic carbocycles. The van der Waals surface area contributed by atoms with Crippen molar-refractivity contribution in [2.24, 2.45) is 5.92 Å². The van der Waals surface area contributed by atoms with Gasteiger partial charge in [0.2, 0.25) is 0 Å². The van der Waals surface area contributed by atoms with E-state index in [9.17, 15) is 4.79 Å². The van der Waals surface area contributed by atoms with Crippen molar-refractivity contribution in [3.63, 3.8) is 0 Å². The third-order valence-electron chi connectivity index (χ3n) is 2.82. The van der Waals surface area contributed by atoms with E-state index in [4.69, 9.17) is 0 Å². The minimum Gasteiger partial charge on any atom is -0.294 e. The summed E-state index contributed by atoms with van der Waals surface area (Å²) in [5.41, 5.74) is 3.44. The van der Waals surface area contributed by atoms with Crippen molar-refractivity contribution in [1.82, 2.24) is 0 Å². The van der Waals surface area contributed by atoms with E-state index >= 15 is 0 Å². The first-order valence-electron chi connectivity index (χ1n) is 5.82. The molecule has 82 valence electrons. The molecule has 0 saturated carbocycles.